The third kappa shape index (κ3) is 7.02. The maximum absolute atomic E-state index is 4.95. The van der Waals surface area contributed by atoms with E-state index in [2.05, 4.69) is 197 Å². The molecule has 298 valence electrons. The molecular formula is C58H41N5. The number of nitrogens with zero attached hydrogens (tertiary/aromatic N) is 5. The van der Waals surface area contributed by atoms with Crippen molar-refractivity contribution >= 4 is 62.0 Å². The number of rotatable bonds is 8. The first-order valence-electron chi connectivity index (χ1n) is 21.2. The SMILES string of the molecule is C=NC(=NC(=NCc1ccccc1)c1ccccc1)c1ccc(-c2ccc3c(c2)c2ccccc2n3-c2ccc(-c3ccc4c5ccccc5n(-c5ccccc5)c4c3)cc2)cc1. The molecule has 0 aliphatic heterocycles. The monoisotopic (exact) mass is 807 g/mol. The van der Waals surface area contributed by atoms with Crippen LogP contribution in [0.25, 0.3) is 77.2 Å². The first-order chi connectivity index (χ1) is 31.2. The minimum absolute atomic E-state index is 0.516. The fraction of sp³-hybridized carbons (Fsp3) is 0.0172. The molecule has 0 aliphatic rings. The van der Waals surface area contributed by atoms with Gasteiger partial charge in [0.15, 0.2) is 11.7 Å². The second-order valence-electron chi connectivity index (χ2n) is 15.7. The molecule has 0 unspecified atom stereocenters. The molecule has 9 aromatic carbocycles. The van der Waals surface area contributed by atoms with E-state index in [1.165, 1.54) is 49.2 Å². The fourth-order valence-electron chi connectivity index (χ4n) is 8.87. The van der Waals surface area contributed by atoms with Gasteiger partial charge in [-0.25, -0.2) is 9.98 Å². The van der Waals surface area contributed by atoms with Crippen molar-refractivity contribution in [3.8, 4) is 33.6 Å². The maximum Gasteiger partial charge on any atom is 0.161 e. The number of hydrogen-bond donors (Lipinski definition) is 0. The van der Waals surface area contributed by atoms with Gasteiger partial charge in [0.2, 0.25) is 0 Å². The van der Waals surface area contributed by atoms with E-state index in [9.17, 15) is 0 Å². The smallest absolute Gasteiger partial charge is 0.161 e. The summed E-state index contributed by atoms with van der Waals surface area (Å²) in [5.41, 5.74) is 14.5. The zero-order valence-corrected chi connectivity index (χ0v) is 34.5. The number of para-hydroxylation sites is 3. The van der Waals surface area contributed by atoms with E-state index < -0.39 is 0 Å². The molecule has 0 radical (unpaired) electrons. The molecule has 0 fully saturated rings. The molecule has 0 amide bonds. The van der Waals surface area contributed by atoms with Gasteiger partial charge in [0.05, 0.1) is 28.6 Å². The number of hydrogen-bond acceptors (Lipinski definition) is 1. The van der Waals surface area contributed by atoms with Crippen LogP contribution in [0, 0.1) is 0 Å². The molecule has 0 spiro atoms. The van der Waals surface area contributed by atoms with Crippen molar-refractivity contribution in [3.05, 3.63) is 241 Å². The quantitative estimate of drug-likeness (QED) is 0.108. The summed E-state index contributed by atoms with van der Waals surface area (Å²) in [6.07, 6.45) is 0. The molecule has 0 atom stereocenters. The van der Waals surface area contributed by atoms with E-state index >= 15 is 0 Å². The Morgan fingerprint density at radius 3 is 1.52 bits per heavy atom. The third-order valence-electron chi connectivity index (χ3n) is 11.9. The molecule has 0 aliphatic carbocycles. The van der Waals surface area contributed by atoms with E-state index in [4.69, 9.17) is 9.98 Å². The Morgan fingerprint density at radius 1 is 0.365 bits per heavy atom. The van der Waals surface area contributed by atoms with Crippen LogP contribution in [-0.2, 0) is 6.54 Å². The lowest BCUT2D eigenvalue weighted by atomic mass is 10.0. The molecule has 0 bridgehead atoms. The topological polar surface area (TPSA) is 46.9 Å². The van der Waals surface area contributed by atoms with Gasteiger partial charge in [0.25, 0.3) is 0 Å². The summed E-state index contributed by atoms with van der Waals surface area (Å²) < 4.78 is 4.75. The van der Waals surface area contributed by atoms with Crippen LogP contribution in [0.4, 0.5) is 0 Å². The standard InChI is InChI=1S/C58H41N5/c1-59-57(61-58(43-17-7-3-8-18-43)60-39-40-15-5-2-6-16-40)44-27-25-41(26-28-44)45-32-36-55-52(37-45)50-22-12-14-24-54(50)62(55)48-33-29-42(30-34-48)46-31-35-51-49-21-11-13-23-53(49)63(56(51)38-46)47-19-9-4-10-20-47/h2-38H,1,39H2. The predicted octanol–water partition coefficient (Wildman–Crippen LogP) is 14.3. The van der Waals surface area contributed by atoms with E-state index in [0.29, 0.717) is 18.2 Å². The minimum atomic E-state index is 0.516. The van der Waals surface area contributed by atoms with Crippen molar-refractivity contribution in [2.75, 3.05) is 0 Å². The highest BCUT2D eigenvalue weighted by Crippen LogP contribution is 2.37. The van der Waals surface area contributed by atoms with Crippen LogP contribution in [0.1, 0.15) is 16.7 Å². The van der Waals surface area contributed by atoms with Gasteiger partial charge < -0.3 is 9.13 Å². The Hall–Kier alpha value is -8.41. The number of fused-ring (bicyclic) bond motifs is 6. The van der Waals surface area contributed by atoms with E-state index in [0.717, 1.165) is 44.7 Å². The summed E-state index contributed by atoms with van der Waals surface area (Å²) in [7, 11) is 0. The van der Waals surface area contributed by atoms with Gasteiger partial charge in [-0.1, -0.05) is 170 Å². The zero-order valence-electron chi connectivity index (χ0n) is 34.5. The molecule has 2 heterocycles. The van der Waals surface area contributed by atoms with Gasteiger partial charge in [-0.15, -0.1) is 0 Å². The molecule has 0 N–H and O–H groups in total. The molecule has 5 heteroatoms. The predicted molar refractivity (Wildman–Crippen MR) is 265 cm³/mol. The van der Waals surface area contributed by atoms with Gasteiger partial charge >= 0.3 is 0 Å². The van der Waals surface area contributed by atoms with Gasteiger partial charge in [-0.05, 0) is 89.1 Å². The average molecular weight is 808 g/mol. The van der Waals surface area contributed by atoms with Gasteiger partial charge in [0, 0.05) is 44.0 Å². The maximum atomic E-state index is 4.95. The van der Waals surface area contributed by atoms with Crippen LogP contribution in [0.2, 0.25) is 0 Å². The van der Waals surface area contributed by atoms with Crippen LogP contribution in [0.3, 0.4) is 0 Å². The van der Waals surface area contributed by atoms with Gasteiger partial charge in [0.1, 0.15) is 0 Å². The summed E-state index contributed by atoms with van der Waals surface area (Å²) in [5.74, 6) is 1.14. The number of benzene rings is 9. The number of amidine groups is 2. The summed E-state index contributed by atoms with van der Waals surface area (Å²) in [6, 6.07) is 79.2. The molecule has 0 saturated heterocycles. The molecular weight excluding hydrogens is 767 g/mol. The Bertz CT molecular complexity index is 3510. The number of aliphatic imine (C=N–C) groups is 3. The van der Waals surface area contributed by atoms with Crippen molar-refractivity contribution < 1.29 is 0 Å². The molecule has 11 rings (SSSR count). The minimum Gasteiger partial charge on any atom is -0.309 e. The van der Waals surface area contributed by atoms with Crippen LogP contribution in [-0.4, -0.2) is 27.5 Å². The molecule has 5 nitrogen and oxygen atoms in total. The van der Waals surface area contributed by atoms with Crippen LogP contribution >= 0.6 is 0 Å². The Balaban J connectivity index is 0.915. The Labute approximate surface area is 365 Å². The zero-order chi connectivity index (χ0) is 42.1. The van der Waals surface area contributed by atoms with Crippen LogP contribution in [0.5, 0.6) is 0 Å². The second kappa shape index (κ2) is 16.2. The molecule has 11 aromatic rings. The van der Waals surface area contributed by atoms with Crippen molar-refractivity contribution in [1.82, 2.24) is 9.13 Å². The molecule has 2 aromatic heterocycles. The van der Waals surface area contributed by atoms with Crippen molar-refractivity contribution in [1.29, 1.82) is 0 Å². The summed E-state index contributed by atoms with van der Waals surface area (Å²) in [6.45, 7) is 4.40. The van der Waals surface area contributed by atoms with Gasteiger partial charge in [-0.2, -0.15) is 0 Å². The summed E-state index contributed by atoms with van der Waals surface area (Å²) in [4.78, 5) is 14.2. The normalized spacial score (nSPS) is 12.1. The van der Waals surface area contributed by atoms with Crippen LogP contribution < -0.4 is 0 Å². The largest absolute Gasteiger partial charge is 0.309 e. The summed E-state index contributed by atoms with van der Waals surface area (Å²) in [5, 5.41) is 4.92. The van der Waals surface area contributed by atoms with E-state index in [-0.39, 0.29) is 0 Å². The highest BCUT2D eigenvalue weighted by atomic mass is 15.0. The highest BCUT2D eigenvalue weighted by Gasteiger charge is 2.16. The van der Waals surface area contributed by atoms with Crippen LogP contribution in [0.15, 0.2) is 239 Å². The third-order valence-corrected chi connectivity index (χ3v) is 11.9. The first kappa shape index (κ1) is 37.6. The lowest BCUT2D eigenvalue weighted by Crippen LogP contribution is -2.05. The molecule has 0 saturated carbocycles. The average Bonchev–Trinajstić information content (AvgIpc) is 3.87. The molecule has 63 heavy (non-hydrogen) atoms. The first-order valence-corrected chi connectivity index (χ1v) is 21.2. The highest BCUT2D eigenvalue weighted by molar-refractivity contribution is 6.14. The Morgan fingerprint density at radius 2 is 0.841 bits per heavy atom. The lowest BCUT2D eigenvalue weighted by molar-refractivity contribution is 1.06. The van der Waals surface area contributed by atoms with E-state index in [1.807, 2.05) is 48.5 Å². The van der Waals surface area contributed by atoms with Crippen molar-refractivity contribution in [3.63, 3.8) is 0 Å². The van der Waals surface area contributed by atoms with Gasteiger partial charge in [-0.3, -0.25) is 4.99 Å². The summed E-state index contributed by atoms with van der Waals surface area (Å²) >= 11 is 0. The second-order valence-corrected chi connectivity index (χ2v) is 15.7. The lowest BCUT2D eigenvalue weighted by Gasteiger charge is -2.11. The Kier molecular flexibility index (Phi) is 9.68. The van der Waals surface area contributed by atoms with Crippen molar-refractivity contribution in [2.24, 2.45) is 15.0 Å². The van der Waals surface area contributed by atoms with Crippen molar-refractivity contribution in [2.45, 2.75) is 6.54 Å². The van der Waals surface area contributed by atoms with E-state index in [1.54, 1.807) is 0 Å². The number of aromatic nitrogens is 2. The fourth-order valence-corrected chi connectivity index (χ4v) is 8.87.